The third-order valence-electron chi connectivity index (χ3n) is 5.76. The second kappa shape index (κ2) is 15.9. The van der Waals surface area contributed by atoms with E-state index in [9.17, 15) is 33.6 Å². The number of carbonyl (C=O) groups excluding carboxylic acids is 7. The van der Waals surface area contributed by atoms with Crippen molar-refractivity contribution in [2.24, 2.45) is 0 Å². The van der Waals surface area contributed by atoms with Crippen LogP contribution in [-0.4, -0.2) is 116 Å². The van der Waals surface area contributed by atoms with Gasteiger partial charge in [0.15, 0.2) is 47.9 Å². The average molecular weight is 685 g/mol. The van der Waals surface area contributed by atoms with Gasteiger partial charge in [-0.05, 0) is 0 Å². The standard InChI is InChI=1S/C25H33BrO17/c1-9(27)35-8-15-16(36-10(2)28)17(37-11(3)29)22(40-14(6)32)25(41-15)43-18-19(38-12(4)30)21(24(33)34-7)42-23(26)20(18)39-13(5)31/h15-23,25H,8H2,1-7H3. The van der Waals surface area contributed by atoms with E-state index in [0.717, 1.165) is 48.7 Å². The number of carbonyl (C=O) groups is 7. The van der Waals surface area contributed by atoms with Crippen LogP contribution in [0.15, 0.2) is 0 Å². The van der Waals surface area contributed by atoms with Gasteiger partial charge in [0.25, 0.3) is 0 Å². The Morgan fingerprint density at radius 1 is 0.581 bits per heavy atom. The van der Waals surface area contributed by atoms with E-state index in [0.29, 0.717) is 0 Å². The summed E-state index contributed by atoms with van der Waals surface area (Å²) in [4.78, 5) is 84.6. The summed E-state index contributed by atoms with van der Waals surface area (Å²) >= 11 is 3.17. The highest BCUT2D eigenvalue weighted by molar-refractivity contribution is 9.09. The van der Waals surface area contributed by atoms with Crippen LogP contribution in [0.3, 0.4) is 0 Å². The first-order valence-corrected chi connectivity index (χ1v) is 13.6. The molecule has 0 aliphatic carbocycles. The van der Waals surface area contributed by atoms with Crippen LogP contribution in [0.2, 0.25) is 0 Å². The Balaban J connectivity index is 2.69. The Kier molecular flexibility index (Phi) is 13.3. The molecule has 0 aromatic rings. The van der Waals surface area contributed by atoms with Crippen molar-refractivity contribution in [2.75, 3.05) is 13.7 Å². The van der Waals surface area contributed by atoms with E-state index in [4.69, 9.17) is 47.4 Å². The molecule has 0 amide bonds. The third-order valence-corrected chi connectivity index (χ3v) is 6.49. The largest absolute Gasteiger partial charge is 0.467 e. The lowest BCUT2D eigenvalue weighted by Crippen LogP contribution is -2.67. The van der Waals surface area contributed by atoms with Gasteiger partial charge < -0.3 is 47.4 Å². The van der Waals surface area contributed by atoms with E-state index in [1.807, 2.05) is 0 Å². The molecule has 2 aliphatic heterocycles. The van der Waals surface area contributed by atoms with E-state index < -0.39 is 109 Å². The summed E-state index contributed by atoms with van der Waals surface area (Å²) in [5, 5.41) is -1.25. The van der Waals surface area contributed by atoms with Crippen LogP contribution in [0.25, 0.3) is 0 Å². The van der Waals surface area contributed by atoms with Crippen molar-refractivity contribution in [1.29, 1.82) is 0 Å². The van der Waals surface area contributed by atoms with E-state index in [1.165, 1.54) is 0 Å². The van der Waals surface area contributed by atoms with Crippen molar-refractivity contribution in [1.82, 2.24) is 0 Å². The normalized spacial score (nSPS) is 31.9. The third kappa shape index (κ3) is 10.1. The lowest BCUT2D eigenvalue weighted by atomic mass is 9.96. The first-order chi connectivity index (χ1) is 20.0. The van der Waals surface area contributed by atoms with Gasteiger partial charge in [-0.3, -0.25) is 28.8 Å². The van der Waals surface area contributed by atoms with E-state index in [2.05, 4.69) is 15.9 Å². The van der Waals surface area contributed by atoms with Crippen LogP contribution < -0.4 is 0 Å². The molecule has 242 valence electrons. The van der Waals surface area contributed by atoms with Gasteiger partial charge in [-0.2, -0.15) is 0 Å². The zero-order valence-corrected chi connectivity index (χ0v) is 25.9. The number of ether oxygens (including phenoxy) is 10. The van der Waals surface area contributed by atoms with Crippen LogP contribution in [-0.2, 0) is 80.9 Å². The van der Waals surface area contributed by atoms with Crippen LogP contribution in [0.1, 0.15) is 41.5 Å². The summed E-state index contributed by atoms with van der Waals surface area (Å²) < 4.78 is 54.3. The highest BCUT2D eigenvalue weighted by Crippen LogP contribution is 2.36. The van der Waals surface area contributed by atoms with Gasteiger partial charge >= 0.3 is 41.8 Å². The smallest absolute Gasteiger partial charge is 0.339 e. The maximum Gasteiger partial charge on any atom is 0.339 e. The number of hydrogen-bond acceptors (Lipinski definition) is 17. The van der Waals surface area contributed by atoms with E-state index in [-0.39, 0.29) is 0 Å². The Labute approximate surface area is 254 Å². The van der Waals surface area contributed by atoms with Crippen LogP contribution in [0.4, 0.5) is 0 Å². The molecule has 0 N–H and O–H groups in total. The molecule has 17 nitrogen and oxygen atoms in total. The fraction of sp³-hybridized carbons (Fsp3) is 0.720. The molecule has 0 aromatic carbocycles. The Morgan fingerprint density at radius 3 is 1.53 bits per heavy atom. The highest BCUT2D eigenvalue weighted by atomic mass is 79.9. The molecule has 2 rings (SSSR count). The van der Waals surface area contributed by atoms with Gasteiger partial charge in [-0.1, -0.05) is 15.9 Å². The summed E-state index contributed by atoms with van der Waals surface area (Å²) in [6, 6.07) is 0. The number of alkyl halides is 1. The van der Waals surface area contributed by atoms with Crippen molar-refractivity contribution < 1.29 is 80.9 Å². The maximum atomic E-state index is 12.6. The van der Waals surface area contributed by atoms with Gasteiger partial charge in [-0.25, -0.2) is 4.79 Å². The highest BCUT2D eigenvalue weighted by Gasteiger charge is 2.58. The molecule has 18 heteroatoms. The zero-order chi connectivity index (χ0) is 32.6. The summed E-state index contributed by atoms with van der Waals surface area (Å²) in [5.41, 5.74) is 0. The maximum absolute atomic E-state index is 12.6. The second-order valence-electron chi connectivity index (χ2n) is 9.25. The van der Waals surface area contributed by atoms with Crippen LogP contribution in [0.5, 0.6) is 0 Å². The van der Waals surface area contributed by atoms with Gasteiger partial charge in [0.2, 0.25) is 0 Å². The minimum atomic E-state index is -1.78. The quantitative estimate of drug-likeness (QED) is 0.163. The number of rotatable bonds is 10. The number of halogens is 1. The van der Waals surface area contributed by atoms with Crippen molar-refractivity contribution in [3.63, 3.8) is 0 Å². The molecule has 10 unspecified atom stereocenters. The van der Waals surface area contributed by atoms with E-state index in [1.54, 1.807) is 0 Å². The fourth-order valence-corrected chi connectivity index (χ4v) is 4.99. The predicted molar refractivity (Wildman–Crippen MR) is 138 cm³/mol. The first kappa shape index (κ1) is 35.8. The molecule has 0 radical (unpaired) electrons. The van der Waals surface area contributed by atoms with Crippen molar-refractivity contribution in [3.05, 3.63) is 0 Å². The molecule has 0 saturated carbocycles. The molecular weight excluding hydrogens is 652 g/mol. The summed E-state index contributed by atoms with van der Waals surface area (Å²) in [5.74, 6) is -6.11. The Hall–Kier alpha value is -3.35. The summed E-state index contributed by atoms with van der Waals surface area (Å²) in [7, 11) is 1.05. The van der Waals surface area contributed by atoms with Gasteiger partial charge in [-0.15, -0.1) is 0 Å². The monoisotopic (exact) mass is 684 g/mol. The molecule has 0 spiro atoms. The van der Waals surface area contributed by atoms with Crippen LogP contribution in [0, 0.1) is 0 Å². The average Bonchev–Trinajstić information content (AvgIpc) is 2.87. The van der Waals surface area contributed by atoms with Gasteiger partial charge in [0, 0.05) is 41.5 Å². The number of methoxy groups -OCH3 is 1. The molecule has 2 heterocycles. The Morgan fingerprint density at radius 2 is 1.05 bits per heavy atom. The minimum Gasteiger partial charge on any atom is -0.467 e. The van der Waals surface area contributed by atoms with Crippen molar-refractivity contribution >= 4 is 57.7 Å². The number of esters is 7. The molecule has 2 aliphatic rings. The molecule has 0 aromatic heterocycles. The SMILES string of the molecule is COC(=O)C1OC(Br)C(OC(C)=O)C(OC2OC(COC(C)=O)C(OC(C)=O)C(OC(C)=O)C2OC(C)=O)C1OC(C)=O. The first-order valence-electron chi connectivity index (χ1n) is 12.7. The fourth-order valence-electron chi connectivity index (χ4n) is 4.35. The van der Waals surface area contributed by atoms with Crippen molar-refractivity contribution in [2.45, 2.75) is 102 Å². The summed E-state index contributed by atoms with van der Waals surface area (Å²) in [6.07, 6.45) is -14.2. The minimum absolute atomic E-state index is 0.557. The zero-order valence-electron chi connectivity index (χ0n) is 24.3. The lowest BCUT2D eigenvalue weighted by molar-refractivity contribution is -0.339. The summed E-state index contributed by atoms with van der Waals surface area (Å²) in [6.45, 7) is 5.74. The predicted octanol–water partition coefficient (Wildman–Crippen LogP) is -0.389. The lowest BCUT2D eigenvalue weighted by Gasteiger charge is -2.47. The molecule has 10 atom stereocenters. The van der Waals surface area contributed by atoms with Crippen LogP contribution >= 0.6 is 15.9 Å². The molecule has 2 saturated heterocycles. The topological polar surface area (TPSA) is 212 Å². The molecular formula is C25H33BrO17. The molecule has 0 bridgehead atoms. The van der Waals surface area contributed by atoms with Gasteiger partial charge in [0.1, 0.15) is 18.8 Å². The molecule has 43 heavy (non-hydrogen) atoms. The van der Waals surface area contributed by atoms with Gasteiger partial charge in [0.05, 0.1) is 7.11 Å². The van der Waals surface area contributed by atoms with Crippen molar-refractivity contribution in [3.8, 4) is 0 Å². The molecule has 2 fully saturated rings. The number of hydrogen-bond donors (Lipinski definition) is 0. The Bertz CT molecular complexity index is 1080. The van der Waals surface area contributed by atoms with E-state index >= 15 is 0 Å². The second-order valence-corrected chi connectivity index (χ2v) is 10.1.